The summed E-state index contributed by atoms with van der Waals surface area (Å²) < 4.78 is 34.3. The Labute approximate surface area is 164 Å². The molecule has 2 aromatic heterocycles. The molecule has 11 heteroatoms. The van der Waals surface area contributed by atoms with Gasteiger partial charge in [0.15, 0.2) is 5.69 Å². The van der Waals surface area contributed by atoms with Gasteiger partial charge < -0.3 is 15.0 Å². The SMILES string of the molecule is COCCNC(=O)c1cn(CC2CC(F)(F)CN2C(=O)c2sccc2C)nn1. The van der Waals surface area contributed by atoms with E-state index < -0.39 is 36.7 Å². The van der Waals surface area contributed by atoms with Gasteiger partial charge in [0.2, 0.25) is 0 Å². The first kappa shape index (κ1) is 20.3. The Kier molecular flexibility index (Phi) is 6.04. The smallest absolute Gasteiger partial charge is 0.273 e. The van der Waals surface area contributed by atoms with Crippen LogP contribution in [0, 0.1) is 6.92 Å². The number of methoxy groups -OCH3 is 1. The number of carbonyl (C=O) groups is 2. The standard InChI is InChI=1S/C17H21F2N5O3S/c1-11-3-6-28-14(11)16(26)24-10-17(18,19)7-12(24)8-23-9-13(21-22-23)15(25)20-4-5-27-2/h3,6,9,12H,4-5,7-8,10H2,1-2H3,(H,20,25). The van der Waals surface area contributed by atoms with Crippen molar-refractivity contribution in [3.05, 3.63) is 33.8 Å². The number of halogens is 2. The van der Waals surface area contributed by atoms with E-state index in [0.29, 0.717) is 18.0 Å². The van der Waals surface area contributed by atoms with Crippen LogP contribution in [0.5, 0.6) is 0 Å². The highest BCUT2D eigenvalue weighted by Crippen LogP contribution is 2.34. The van der Waals surface area contributed by atoms with E-state index in [1.165, 1.54) is 34.2 Å². The summed E-state index contributed by atoms with van der Waals surface area (Å²) >= 11 is 1.24. The molecule has 152 valence electrons. The van der Waals surface area contributed by atoms with E-state index in [1.807, 2.05) is 0 Å². The van der Waals surface area contributed by atoms with Gasteiger partial charge in [-0.1, -0.05) is 5.21 Å². The maximum Gasteiger partial charge on any atom is 0.273 e. The monoisotopic (exact) mass is 413 g/mol. The van der Waals surface area contributed by atoms with Gasteiger partial charge in [-0.3, -0.25) is 9.59 Å². The van der Waals surface area contributed by atoms with Crippen molar-refractivity contribution in [2.75, 3.05) is 26.8 Å². The van der Waals surface area contributed by atoms with Crippen LogP contribution in [0.1, 0.15) is 32.1 Å². The van der Waals surface area contributed by atoms with E-state index >= 15 is 0 Å². The van der Waals surface area contributed by atoms with E-state index in [2.05, 4.69) is 15.6 Å². The first-order valence-electron chi connectivity index (χ1n) is 8.71. The van der Waals surface area contributed by atoms with Crippen molar-refractivity contribution in [1.82, 2.24) is 25.2 Å². The van der Waals surface area contributed by atoms with Crippen molar-refractivity contribution in [2.24, 2.45) is 0 Å². The molecule has 2 amide bonds. The second kappa shape index (κ2) is 8.31. The van der Waals surface area contributed by atoms with Crippen molar-refractivity contribution < 1.29 is 23.1 Å². The Morgan fingerprint density at radius 1 is 1.46 bits per heavy atom. The third-order valence-electron chi connectivity index (χ3n) is 4.45. The van der Waals surface area contributed by atoms with Crippen LogP contribution in [0.2, 0.25) is 0 Å². The summed E-state index contributed by atoms with van der Waals surface area (Å²) in [6, 6.07) is 1.04. The fourth-order valence-corrected chi connectivity index (χ4v) is 3.97. The summed E-state index contributed by atoms with van der Waals surface area (Å²) in [6.07, 6.45) is 0.927. The molecule has 0 radical (unpaired) electrons. The molecule has 1 aliphatic rings. The molecule has 3 heterocycles. The zero-order valence-corrected chi connectivity index (χ0v) is 16.3. The van der Waals surface area contributed by atoms with Crippen LogP contribution in [-0.4, -0.2) is 70.5 Å². The Morgan fingerprint density at radius 3 is 2.93 bits per heavy atom. The quantitative estimate of drug-likeness (QED) is 0.696. The van der Waals surface area contributed by atoms with E-state index in [1.54, 1.807) is 18.4 Å². The fourth-order valence-electron chi connectivity index (χ4n) is 3.09. The molecule has 1 atom stereocenters. The highest BCUT2D eigenvalue weighted by molar-refractivity contribution is 7.12. The molecule has 0 spiro atoms. The summed E-state index contributed by atoms with van der Waals surface area (Å²) in [5.41, 5.74) is 0.840. The predicted octanol–water partition coefficient (Wildman–Crippen LogP) is 1.57. The van der Waals surface area contributed by atoms with Crippen LogP contribution in [0.15, 0.2) is 17.6 Å². The normalized spacial score (nSPS) is 18.4. The number of aromatic nitrogens is 3. The fraction of sp³-hybridized carbons (Fsp3) is 0.529. The van der Waals surface area contributed by atoms with Gasteiger partial charge in [0.1, 0.15) is 0 Å². The number of aryl methyl sites for hydroxylation is 1. The lowest BCUT2D eigenvalue weighted by Gasteiger charge is -2.23. The zero-order chi connectivity index (χ0) is 20.3. The van der Waals surface area contributed by atoms with Crippen LogP contribution in [0.3, 0.4) is 0 Å². The molecule has 2 aromatic rings. The van der Waals surface area contributed by atoms with E-state index in [9.17, 15) is 18.4 Å². The molecule has 0 aromatic carbocycles. The molecule has 8 nitrogen and oxygen atoms in total. The number of amides is 2. The third kappa shape index (κ3) is 4.53. The van der Waals surface area contributed by atoms with Crippen molar-refractivity contribution in [2.45, 2.75) is 31.9 Å². The lowest BCUT2D eigenvalue weighted by atomic mass is 10.2. The number of rotatable bonds is 7. The molecule has 1 N–H and O–H groups in total. The maximum absolute atomic E-state index is 14.0. The van der Waals surface area contributed by atoms with Gasteiger partial charge in [-0.15, -0.1) is 16.4 Å². The Morgan fingerprint density at radius 2 is 2.25 bits per heavy atom. The van der Waals surface area contributed by atoms with E-state index in [-0.39, 0.29) is 12.2 Å². The molecule has 1 aliphatic heterocycles. The van der Waals surface area contributed by atoms with Crippen LogP contribution in [-0.2, 0) is 11.3 Å². The minimum atomic E-state index is -2.97. The van der Waals surface area contributed by atoms with Gasteiger partial charge in [0.25, 0.3) is 17.7 Å². The summed E-state index contributed by atoms with van der Waals surface area (Å²) in [7, 11) is 1.52. The second-order valence-corrected chi connectivity index (χ2v) is 7.57. The largest absolute Gasteiger partial charge is 0.383 e. The van der Waals surface area contributed by atoms with Gasteiger partial charge in [-0.2, -0.15) is 0 Å². The Hall–Kier alpha value is -2.40. The van der Waals surface area contributed by atoms with Crippen molar-refractivity contribution >= 4 is 23.2 Å². The third-order valence-corrected chi connectivity index (χ3v) is 5.46. The molecule has 0 bridgehead atoms. The first-order chi connectivity index (χ1) is 13.3. The van der Waals surface area contributed by atoms with Gasteiger partial charge in [0.05, 0.1) is 36.8 Å². The Bertz CT molecular complexity index is 853. The molecule has 3 rings (SSSR count). The lowest BCUT2D eigenvalue weighted by Crippen LogP contribution is -2.38. The number of thiophene rings is 1. The molecule has 0 saturated carbocycles. The van der Waals surface area contributed by atoms with Crippen molar-refractivity contribution in [1.29, 1.82) is 0 Å². The molecular formula is C17H21F2N5O3S. The summed E-state index contributed by atoms with van der Waals surface area (Å²) in [5, 5.41) is 12.0. The average molecular weight is 413 g/mol. The minimum Gasteiger partial charge on any atom is -0.383 e. The lowest BCUT2D eigenvalue weighted by molar-refractivity contribution is 0.0118. The van der Waals surface area contributed by atoms with Crippen molar-refractivity contribution in [3.63, 3.8) is 0 Å². The second-order valence-electron chi connectivity index (χ2n) is 6.65. The van der Waals surface area contributed by atoms with E-state index in [0.717, 1.165) is 5.56 Å². The van der Waals surface area contributed by atoms with Gasteiger partial charge >= 0.3 is 0 Å². The number of hydrogen-bond donors (Lipinski definition) is 1. The number of likely N-dealkylation sites (tertiary alicyclic amines) is 1. The molecule has 1 saturated heterocycles. The number of nitrogens with one attached hydrogen (secondary N) is 1. The van der Waals surface area contributed by atoms with Gasteiger partial charge in [0, 0.05) is 20.1 Å². The number of carbonyl (C=O) groups excluding carboxylic acids is 2. The molecule has 1 unspecified atom stereocenters. The first-order valence-corrected chi connectivity index (χ1v) is 9.59. The maximum atomic E-state index is 14.0. The highest BCUT2D eigenvalue weighted by Gasteiger charge is 2.47. The number of hydrogen-bond acceptors (Lipinski definition) is 6. The summed E-state index contributed by atoms with van der Waals surface area (Å²) in [5.74, 6) is -3.80. The average Bonchev–Trinajstić information content (AvgIpc) is 3.34. The highest BCUT2D eigenvalue weighted by atomic mass is 32.1. The number of nitrogens with zero attached hydrogens (tertiary/aromatic N) is 4. The van der Waals surface area contributed by atoms with Crippen LogP contribution in [0.25, 0.3) is 0 Å². The molecule has 1 fully saturated rings. The number of ether oxygens (including phenoxy) is 1. The van der Waals surface area contributed by atoms with Gasteiger partial charge in [-0.05, 0) is 23.9 Å². The van der Waals surface area contributed by atoms with Crippen molar-refractivity contribution in [3.8, 4) is 0 Å². The molecular weight excluding hydrogens is 392 g/mol. The van der Waals surface area contributed by atoms with Gasteiger partial charge in [-0.25, -0.2) is 13.5 Å². The summed E-state index contributed by atoms with van der Waals surface area (Å²) in [4.78, 5) is 26.4. The van der Waals surface area contributed by atoms with Crippen LogP contribution < -0.4 is 5.32 Å². The predicted molar refractivity (Wildman–Crippen MR) is 97.7 cm³/mol. The minimum absolute atomic E-state index is 0.0318. The number of alkyl halides is 2. The Balaban J connectivity index is 1.70. The summed E-state index contributed by atoms with van der Waals surface area (Å²) in [6.45, 7) is 1.85. The van der Waals surface area contributed by atoms with Crippen LogP contribution >= 0.6 is 11.3 Å². The topological polar surface area (TPSA) is 89.4 Å². The molecule has 0 aliphatic carbocycles. The van der Waals surface area contributed by atoms with Crippen LogP contribution in [0.4, 0.5) is 8.78 Å². The van der Waals surface area contributed by atoms with E-state index in [4.69, 9.17) is 4.74 Å². The zero-order valence-electron chi connectivity index (χ0n) is 15.5. The molecule has 28 heavy (non-hydrogen) atoms.